The monoisotopic (exact) mass is 312 g/mol. The van der Waals surface area contributed by atoms with Crippen molar-refractivity contribution in [1.29, 1.82) is 0 Å². The first-order chi connectivity index (χ1) is 9.89. The summed E-state index contributed by atoms with van der Waals surface area (Å²) in [5, 5.41) is 6.21. The molecule has 3 N–H and O–H groups in total. The number of rotatable bonds is 7. The number of anilines is 2. The van der Waals surface area contributed by atoms with Gasteiger partial charge in [-0.1, -0.05) is 6.92 Å². The molecular formula is C12H20N6O2S. The number of sulfone groups is 1. The van der Waals surface area contributed by atoms with Gasteiger partial charge in [-0.05, 0) is 13.3 Å². The molecule has 116 valence electrons. The van der Waals surface area contributed by atoms with Crippen molar-refractivity contribution in [2.45, 2.75) is 26.3 Å². The van der Waals surface area contributed by atoms with Crippen LogP contribution in [0.5, 0.6) is 0 Å². The molecule has 0 spiro atoms. The first-order valence-electron chi connectivity index (χ1n) is 6.78. The highest BCUT2D eigenvalue weighted by atomic mass is 32.2. The van der Waals surface area contributed by atoms with Gasteiger partial charge in [-0.3, -0.25) is 0 Å². The fourth-order valence-electron chi connectivity index (χ4n) is 1.98. The van der Waals surface area contributed by atoms with E-state index >= 15 is 0 Å². The molecule has 21 heavy (non-hydrogen) atoms. The van der Waals surface area contributed by atoms with Crippen LogP contribution in [0.25, 0.3) is 11.2 Å². The number of hydrogen-bond acceptors (Lipinski definition) is 7. The first-order valence-corrected chi connectivity index (χ1v) is 8.84. The standard InChI is InChI=1S/C12H20N6O2S/c1-4-5-13-12-17-10-9(14-7-15-10)11(18-12)16-8(2)6-21(3,19)20/h7-8H,4-6H2,1-3H3,(H3,13,14,15,16,17,18). The Morgan fingerprint density at radius 2 is 2.14 bits per heavy atom. The summed E-state index contributed by atoms with van der Waals surface area (Å²) >= 11 is 0. The Morgan fingerprint density at radius 3 is 2.81 bits per heavy atom. The van der Waals surface area contributed by atoms with Gasteiger partial charge >= 0.3 is 0 Å². The van der Waals surface area contributed by atoms with E-state index in [4.69, 9.17) is 0 Å². The van der Waals surface area contributed by atoms with Crippen LogP contribution in [0.4, 0.5) is 11.8 Å². The van der Waals surface area contributed by atoms with E-state index in [0.29, 0.717) is 22.9 Å². The summed E-state index contributed by atoms with van der Waals surface area (Å²) in [6.07, 6.45) is 3.70. The van der Waals surface area contributed by atoms with Gasteiger partial charge in [0.1, 0.15) is 15.4 Å². The van der Waals surface area contributed by atoms with Crippen molar-refractivity contribution >= 4 is 32.8 Å². The number of hydrogen-bond donors (Lipinski definition) is 3. The predicted octanol–water partition coefficient (Wildman–Crippen LogP) is 1.02. The van der Waals surface area contributed by atoms with Gasteiger partial charge in [0.2, 0.25) is 5.95 Å². The van der Waals surface area contributed by atoms with E-state index in [1.54, 1.807) is 6.92 Å². The summed E-state index contributed by atoms with van der Waals surface area (Å²) in [6, 6.07) is -0.263. The Kier molecular flexibility index (Phi) is 4.61. The number of aromatic nitrogens is 4. The molecule has 0 aliphatic rings. The Bertz CT molecular complexity index is 712. The lowest BCUT2D eigenvalue weighted by Gasteiger charge is -2.14. The van der Waals surface area contributed by atoms with Crippen molar-refractivity contribution in [3.8, 4) is 0 Å². The van der Waals surface area contributed by atoms with Crippen LogP contribution < -0.4 is 10.6 Å². The smallest absolute Gasteiger partial charge is 0.226 e. The molecule has 0 aliphatic heterocycles. The molecule has 0 saturated heterocycles. The number of fused-ring (bicyclic) bond motifs is 1. The molecule has 9 heteroatoms. The summed E-state index contributed by atoms with van der Waals surface area (Å²) in [4.78, 5) is 15.8. The van der Waals surface area contributed by atoms with Crippen molar-refractivity contribution in [2.75, 3.05) is 29.2 Å². The van der Waals surface area contributed by atoms with Crippen LogP contribution in [-0.2, 0) is 9.84 Å². The summed E-state index contributed by atoms with van der Waals surface area (Å²) in [6.45, 7) is 4.60. The van der Waals surface area contributed by atoms with Gasteiger partial charge in [0.15, 0.2) is 11.5 Å². The van der Waals surface area contributed by atoms with E-state index in [1.165, 1.54) is 12.6 Å². The van der Waals surface area contributed by atoms with E-state index in [-0.39, 0.29) is 11.8 Å². The van der Waals surface area contributed by atoms with E-state index in [2.05, 4.69) is 30.6 Å². The fourth-order valence-corrected chi connectivity index (χ4v) is 2.97. The zero-order valence-corrected chi connectivity index (χ0v) is 13.2. The van der Waals surface area contributed by atoms with Gasteiger partial charge in [-0.2, -0.15) is 9.97 Å². The number of H-pyrrole nitrogens is 1. The molecule has 0 saturated carbocycles. The van der Waals surface area contributed by atoms with Crippen molar-refractivity contribution in [3.63, 3.8) is 0 Å². The second-order valence-corrected chi connectivity index (χ2v) is 7.25. The SMILES string of the molecule is CCCNc1nc(NC(C)CS(C)(=O)=O)c2[nH]cnc2n1. The Hall–Kier alpha value is -1.90. The number of nitrogens with one attached hydrogen (secondary N) is 3. The third-order valence-electron chi connectivity index (χ3n) is 2.75. The van der Waals surface area contributed by atoms with E-state index in [9.17, 15) is 8.42 Å². The Balaban J connectivity index is 2.26. The lowest BCUT2D eigenvalue weighted by molar-refractivity contribution is 0.598. The van der Waals surface area contributed by atoms with E-state index in [0.717, 1.165) is 13.0 Å². The van der Waals surface area contributed by atoms with Crippen molar-refractivity contribution in [2.24, 2.45) is 0 Å². The highest BCUT2D eigenvalue weighted by Crippen LogP contribution is 2.19. The minimum absolute atomic E-state index is 0.0321. The van der Waals surface area contributed by atoms with Crippen LogP contribution in [0.2, 0.25) is 0 Å². The van der Waals surface area contributed by atoms with Gasteiger partial charge in [-0.15, -0.1) is 0 Å². The van der Waals surface area contributed by atoms with Gasteiger partial charge in [-0.25, -0.2) is 13.4 Å². The molecule has 0 bridgehead atoms. The zero-order chi connectivity index (χ0) is 15.5. The topological polar surface area (TPSA) is 113 Å². The molecule has 1 unspecified atom stereocenters. The molecule has 2 aromatic rings. The van der Waals surface area contributed by atoms with Crippen LogP contribution in [0.3, 0.4) is 0 Å². The number of imidazole rings is 1. The second kappa shape index (κ2) is 6.25. The minimum atomic E-state index is -3.06. The molecule has 0 amide bonds. The normalized spacial score (nSPS) is 13.3. The van der Waals surface area contributed by atoms with Crippen LogP contribution in [-0.4, -0.2) is 52.9 Å². The zero-order valence-electron chi connectivity index (χ0n) is 12.3. The van der Waals surface area contributed by atoms with Crippen LogP contribution >= 0.6 is 0 Å². The van der Waals surface area contributed by atoms with Crippen molar-refractivity contribution in [1.82, 2.24) is 19.9 Å². The summed E-state index contributed by atoms with van der Waals surface area (Å²) in [5.74, 6) is 1.06. The van der Waals surface area contributed by atoms with Gasteiger partial charge in [0.25, 0.3) is 0 Å². The molecule has 0 aliphatic carbocycles. The lowest BCUT2D eigenvalue weighted by Crippen LogP contribution is -2.26. The molecule has 2 rings (SSSR count). The number of aromatic amines is 1. The molecule has 0 aromatic carbocycles. The maximum atomic E-state index is 11.3. The van der Waals surface area contributed by atoms with Crippen molar-refractivity contribution < 1.29 is 8.42 Å². The summed E-state index contributed by atoms with van der Waals surface area (Å²) in [5.41, 5.74) is 1.20. The highest BCUT2D eigenvalue weighted by Gasteiger charge is 2.15. The Morgan fingerprint density at radius 1 is 1.38 bits per heavy atom. The molecule has 2 aromatic heterocycles. The molecule has 8 nitrogen and oxygen atoms in total. The summed E-state index contributed by atoms with van der Waals surface area (Å²) in [7, 11) is -3.06. The quantitative estimate of drug-likeness (QED) is 0.699. The van der Waals surface area contributed by atoms with Crippen LogP contribution in [0.15, 0.2) is 6.33 Å². The second-order valence-electron chi connectivity index (χ2n) is 5.06. The molecule has 0 fully saturated rings. The van der Waals surface area contributed by atoms with Gasteiger partial charge < -0.3 is 15.6 Å². The predicted molar refractivity (Wildman–Crippen MR) is 83.3 cm³/mol. The molecule has 2 heterocycles. The van der Waals surface area contributed by atoms with Crippen LogP contribution in [0, 0.1) is 0 Å². The third kappa shape index (κ3) is 4.28. The van der Waals surface area contributed by atoms with E-state index in [1.807, 2.05) is 6.92 Å². The number of nitrogens with zero attached hydrogens (tertiary/aromatic N) is 3. The molecular weight excluding hydrogens is 292 g/mol. The van der Waals surface area contributed by atoms with Gasteiger partial charge in [0, 0.05) is 18.8 Å². The third-order valence-corrected chi connectivity index (χ3v) is 3.86. The molecule has 0 radical (unpaired) electrons. The maximum absolute atomic E-state index is 11.3. The first kappa shape index (κ1) is 15.5. The van der Waals surface area contributed by atoms with Crippen LogP contribution in [0.1, 0.15) is 20.3 Å². The van der Waals surface area contributed by atoms with Gasteiger partial charge in [0.05, 0.1) is 12.1 Å². The lowest BCUT2D eigenvalue weighted by atomic mass is 10.3. The molecule has 1 atom stereocenters. The summed E-state index contributed by atoms with van der Waals surface area (Å²) < 4.78 is 22.7. The van der Waals surface area contributed by atoms with Crippen molar-refractivity contribution in [3.05, 3.63) is 6.33 Å². The highest BCUT2D eigenvalue weighted by molar-refractivity contribution is 7.90. The largest absolute Gasteiger partial charge is 0.365 e. The maximum Gasteiger partial charge on any atom is 0.226 e. The fraction of sp³-hybridized carbons (Fsp3) is 0.583. The average Bonchev–Trinajstić information content (AvgIpc) is 2.82. The Labute approximate surface area is 123 Å². The average molecular weight is 312 g/mol. The van der Waals surface area contributed by atoms with E-state index < -0.39 is 9.84 Å². The minimum Gasteiger partial charge on any atom is -0.365 e.